The third-order valence-corrected chi connectivity index (χ3v) is 3.96. The zero-order valence-electron chi connectivity index (χ0n) is 13.5. The van der Waals surface area contributed by atoms with Gasteiger partial charge in [0.25, 0.3) is 5.91 Å². The Labute approximate surface area is 139 Å². The highest BCUT2D eigenvalue weighted by atomic mass is 16.5. The van der Waals surface area contributed by atoms with Crippen LogP contribution >= 0.6 is 0 Å². The second-order valence-electron chi connectivity index (χ2n) is 5.88. The van der Waals surface area contributed by atoms with Crippen LogP contribution in [-0.2, 0) is 16.0 Å². The first-order valence-electron chi connectivity index (χ1n) is 7.66. The number of aryl methyl sites for hydroxylation is 1. The predicted molar refractivity (Wildman–Crippen MR) is 89.2 cm³/mol. The number of ketones is 1. The van der Waals surface area contributed by atoms with Gasteiger partial charge in [0.05, 0.1) is 5.56 Å². The van der Waals surface area contributed by atoms with Gasteiger partial charge in [0.15, 0.2) is 11.9 Å². The van der Waals surface area contributed by atoms with Crippen LogP contribution < -0.4 is 5.32 Å². The third kappa shape index (κ3) is 3.20. The summed E-state index contributed by atoms with van der Waals surface area (Å²) in [6.07, 6.45) is -0.547. The molecule has 1 amide bonds. The molecule has 1 aliphatic heterocycles. The quantitative estimate of drug-likeness (QED) is 0.696. The van der Waals surface area contributed by atoms with E-state index in [1.165, 1.54) is 6.92 Å². The normalized spacial score (nSPS) is 16.1. The first-order valence-corrected chi connectivity index (χ1v) is 7.66. The summed E-state index contributed by atoms with van der Waals surface area (Å²) in [5.41, 5.74) is 3.34. The number of nitrogens with one attached hydrogen (secondary N) is 1. The molecule has 3 rings (SSSR count). The van der Waals surface area contributed by atoms with Crippen LogP contribution in [0, 0.1) is 6.92 Å². The average molecular weight is 323 g/mol. The number of amides is 1. The van der Waals surface area contributed by atoms with E-state index in [4.69, 9.17) is 4.74 Å². The molecule has 2 aromatic rings. The second-order valence-corrected chi connectivity index (χ2v) is 5.88. The molecule has 0 saturated heterocycles. The predicted octanol–water partition coefficient (Wildman–Crippen LogP) is 2.92. The number of Topliss-reactive ketones (excluding diaryl/α,β-unsaturated/α-hetero) is 1. The molecule has 1 N–H and O–H groups in total. The summed E-state index contributed by atoms with van der Waals surface area (Å²) < 4.78 is 5.25. The SMILES string of the molecule is CC(=O)c1cccc(NC(=O)C2Cc3cc(C)ccc3C(=O)O2)c1. The molecular formula is C19H17NO4. The Hall–Kier alpha value is -2.95. The van der Waals surface area contributed by atoms with Gasteiger partial charge in [-0.3, -0.25) is 9.59 Å². The van der Waals surface area contributed by atoms with Crippen LogP contribution in [0.3, 0.4) is 0 Å². The summed E-state index contributed by atoms with van der Waals surface area (Å²) in [6.45, 7) is 3.39. The molecular weight excluding hydrogens is 306 g/mol. The average Bonchev–Trinajstić information content (AvgIpc) is 2.54. The second kappa shape index (κ2) is 6.28. The van der Waals surface area contributed by atoms with E-state index in [2.05, 4.69) is 5.32 Å². The highest BCUT2D eigenvalue weighted by molar-refractivity contribution is 6.01. The minimum absolute atomic E-state index is 0.0837. The highest BCUT2D eigenvalue weighted by Crippen LogP contribution is 2.23. The van der Waals surface area contributed by atoms with Crippen molar-refractivity contribution in [1.29, 1.82) is 0 Å². The number of carbonyl (C=O) groups is 3. The number of esters is 1. The van der Waals surface area contributed by atoms with Crippen LogP contribution in [0.2, 0.25) is 0 Å². The van der Waals surface area contributed by atoms with E-state index in [1.54, 1.807) is 30.3 Å². The van der Waals surface area contributed by atoms with Crippen molar-refractivity contribution >= 4 is 23.3 Å². The van der Waals surface area contributed by atoms with E-state index in [0.29, 0.717) is 23.2 Å². The smallest absolute Gasteiger partial charge is 0.339 e. The molecule has 24 heavy (non-hydrogen) atoms. The van der Waals surface area contributed by atoms with E-state index in [1.807, 2.05) is 19.1 Å². The maximum atomic E-state index is 12.4. The fourth-order valence-electron chi connectivity index (χ4n) is 2.71. The van der Waals surface area contributed by atoms with Crippen molar-refractivity contribution in [1.82, 2.24) is 0 Å². The summed E-state index contributed by atoms with van der Waals surface area (Å²) in [5, 5.41) is 2.70. The van der Waals surface area contributed by atoms with Gasteiger partial charge in [-0.05, 0) is 37.6 Å². The molecule has 5 heteroatoms. The number of anilines is 1. The Balaban J connectivity index is 1.78. The number of ether oxygens (including phenoxy) is 1. The van der Waals surface area contributed by atoms with E-state index >= 15 is 0 Å². The van der Waals surface area contributed by atoms with Gasteiger partial charge in [0.2, 0.25) is 0 Å². The highest BCUT2D eigenvalue weighted by Gasteiger charge is 2.31. The topological polar surface area (TPSA) is 72.5 Å². The van der Waals surface area contributed by atoms with E-state index < -0.39 is 18.0 Å². The number of carbonyl (C=O) groups excluding carboxylic acids is 3. The van der Waals surface area contributed by atoms with Gasteiger partial charge in [0.1, 0.15) is 0 Å². The lowest BCUT2D eigenvalue weighted by Crippen LogP contribution is -2.38. The molecule has 1 aliphatic rings. The molecule has 0 fully saturated rings. The molecule has 0 bridgehead atoms. The standard InChI is InChI=1S/C19H17NO4/c1-11-6-7-16-14(8-11)10-17(24-19(16)23)18(22)20-15-5-3-4-13(9-15)12(2)21/h3-9,17H,10H2,1-2H3,(H,20,22). The van der Waals surface area contributed by atoms with Crippen LogP contribution in [0.25, 0.3) is 0 Å². The maximum absolute atomic E-state index is 12.4. The molecule has 0 radical (unpaired) electrons. The van der Waals surface area contributed by atoms with Crippen molar-refractivity contribution in [2.24, 2.45) is 0 Å². The fourth-order valence-corrected chi connectivity index (χ4v) is 2.71. The van der Waals surface area contributed by atoms with Gasteiger partial charge in [-0.15, -0.1) is 0 Å². The monoisotopic (exact) mass is 323 g/mol. The van der Waals surface area contributed by atoms with Gasteiger partial charge in [-0.25, -0.2) is 4.79 Å². The number of hydrogen-bond acceptors (Lipinski definition) is 4. The lowest BCUT2D eigenvalue weighted by atomic mass is 9.96. The number of rotatable bonds is 3. The molecule has 0 aromatic heterocycles. The van der Waals surface area contributed by atoms with E-state index in [-0.39, 0.29) is 5.78 Å². The van der Waals surface area contributed by atoms with Crippen LogP contribution in [0.5, 0.6) is 0 Å². The number of fused-ring (bicyclic) bond motifs is 1. The van der Waals surface area contributed by atoms with Gasteiger partial charge in [-0.1, -0.05) is 29.8 Å². The minimum Gasteiger partial charge on any atom is -0.448 e. The third-order valence-electron chi connectivity index (χ3n) is 3.96. The van der Waals surface area contributed by atoms with Crippen LogP contribution in [0.1, 0.15) is 38.8 Å². The van der Waals surface area contributed by atoms with Crippen LogP contribution in [0.4, 0.5) is 5.69 Å². The summed E-state index contributed by atoms with van der Waals surface area (Å²) in [7, 11) is 0. The Bertz CT molecular complexity index is 841. The number of hydrogen-bond donors (Lipinski definition) is 1. The molecule has 2 aromatic carbocycles. The lowest BCUT2D eigenvalue weighted by molar-refractivity contribution is -0.125. The van der Waals surface area contributed by atoms with Crippen molar-refractivity contribution in [3.63, 3.8) is 0 Å². The summed E-state index contributed by atoms with van der Waals surface area (Å²) >= 11 is 0. The maximum Gasteiger partial charge on any atom is 0.339 e. The van der Waals surface area contributed by atoms with Crippen molar-refractivity contribution in [3.8, 4) is 0 Å². The number of cyclic esters (lactones) is 1. The van der Waals surface area contributed by atoms with E-state index in [9.17, 15) is 14.4 Å². The molecule has 122 valence electrons. The van der Waals surface area contributed by atoms with Gasteiger partial charge in [-0.2, -0.15) is 0 Å². The Morgan fingerprint density at radius 3 is 2.71 bits per heavy atom. The molecule has 0 spiro atoms. The van der Waals surface area contributed by atoms with Crippen molar-refractivity contribution in [2.45, 2.75) is 26.4 Å². The zero-order valence-corrected chi connectivity index (χ0v) is 13.5. The minimum atomic E-state index is -0.882. The zero-order chi connectivity index (χ0) is 17.3. The van der Waals surface area contributed by atoms with E-state index in [0.717, 1.165) is 11.1 Å². The molecule has 1 atom stereocenters. The first kappa shape index (κ1) is 15.9. The molecule has 1 unspecified atom stereocenters. The largest absolute Gasteiger partial charge is 0.448 e. The molecule has 0 saturated carbocycles. The van der Waals surface area contributed by atoms with Gasteiger partial charge >= 0.3 is 5.97 Å². The molecule has 0 aliphatic carbocycles. The molecule has 5 nitrogen and oxygen atoms in total. The Kier molecular flexibility index (Phi) is 4.16. The number of benzene rings is 2. The summed E-state index contributed by atoms with van der Waals surface area (Å²) in [5.74, 6) is -0.982. The van der Waals surface area contributed by atoms with Crippen LogP contribution in [0.15, 0.2) is 42.5 Å². The Morgan fingerprint density at radius 2 is 1.96 bits per heavy atom. The summed E-state index contributed by atoms with van der Waals surface area (Å²) in [6, 6.07) is 12.1. The lowest BCUT2D eigenvalue weighted by Gasteiger charge is -2.24. The summed E-state index contributed by atoms with van der Waals surface area (Å²) in [4.78, 5) is 35.9. The first-order chi connectivity index (χ1) is 11.4. The van der Waals surface area contributed by atoms with Crippen molar-refractivity contribution in [2.75, 3.05) is 5.32 Å². The van der Waals surface area contributed by atoms with Gasteiger partial charge < -0.3 is 10.1 Å². The van der Waals surface area contributed by atoms with Crippen LogP contribution in [-0.4, -0.2) is 23.8 Å². The fraction of sp³-hybridized carbons (Fsp3) is 0.211. The Morgan fingerprint density at radius 1 is 1.17 bits per heavy atom. The van der Waals surface area contributed by atoms with Gasteiger partial charge in [0, 0.05) is 17.7 Å². The van der Waals surface area contributed by atoms with Crippen molar-refractivity contribution < 1.29 is 19.1 Å². The molecule has 1 heterocycles. The van der Waals surface area contributed by atoms with Crippen molar-refractivity contribution in [3.05, 3.63) is 64.7 Å².